The quantitative estimate of drug-likeness (QED) is 0.572. The summed E-state index contributed by atoms with van der Waals surface area (Å²) in [6.07, 6.45) is 7.97. The summed E-state index contributed by atoms with van der Waals surface area (Å²) in [6.45, 7) is 0. The molecule has 28 heavy (non-hydrogen) atoms. The Morgan fingerprint density at radius 3 is 2.71 bits per heavy atom. The Labute approximate surface area is 160 Å². The van der Waals surface area contributed by atoms with Gasteiger partial charge in [-0.1, -0.05) is 0 Å². The van der Waals surface area contributed by atoms with E-state index in [1.807, 2.05) is 6.07 Å². The highest BCUT2D eigenvalue weighted by molar-refractivity contribution is 6.02. The Bertz CT molecular complexity index is 1090. The molecular formula is C19H15N7O2. The molecule has 0 spiro atoms. The topological polar surface area (TPSA) is 108 Å². The third-order valence-electron chi connectivity index (χ3n) is 3.86. The van der Waals surface area contributed by atoms with Gasteiger partial charge in [-0.05, 0) is 36.4 Å². The molecule has 0 saturated carbocycles. The fourth-order valence-electron chi connectivity index (χ4n) is 2.53. The molecule has 9 nitrogen and oxygen atoms in total. The molecule has 0 aliphatic carbocycles. The summed E-state index contributed by atoms with van der Waals surface area (Å²) in [7, 11) is 1.57. The zero-order chi connectivity index (χ0) is 19.3. The van der Waals surface area contributed by atoms with Crippen molar-refractivity contribution in [3.63, 3.8) is 0 Å². The second kappa shape index (κ2) is 7.62. The third kappa shape index (κ3) is 3.54. The first-order valence-electron chi connectivity index (χ1n) is 8.34. The van der Waals surface area contributed by atoms with Crippen LogP contribution in [-0.4, -0.2) is 42.7 Å². The average Bonchev–Trinajstić information content (AvgIpc) is 3.25. The average molecular weight is 373 g/mol. The van der Waals surface area contributed by atoms with Crippen molar-refractivity contribution in [3.05, 3.63) is 73.1 Å². The van der Waals surface area contributed by atoms with Crippen LogP contribution in [0.2, 0.25) is 0 Å². The summed E-state index contributed by atoms with van der Waals surface area (Å²) in [6, 6.07) is 10.3. The molecule has 0 radical (unpaired) electrons. The summed E-state index contributed by atoms with van der Waals surface area (Å²) in [5, 5.41) is 6.96. The van der Waals surface area contributed by atoms with Crippen molar-refractivity contribution in [1.29, 1.82) is 0 Å². The molecule has 4 heterocycles. The molecule has 0 unspecified atom stereocenters. The lowest BCUT2D eigenvalue weighted by molar-refractivity contribution is 0.101. The second-order valence-electron chi connectivity index (χ2n) is 5.64. The largest absolute Gasteiger partial charge is 0.495 e. The maximum atomic E-state index is 12.7. The highest BCUT2D eigenvalue weighted by atomic mass is 16.5. The van der Waals surface area contributed by atoms with Crippen LogP contribution in [0.15, 0.2) is 67.4 Å². The van der Waals surface area contributed by atoms with Crippen molar-refractivity contribution in [2.75, 3.05) is 12.4 Å². The summed E-state index contributed by atoms with van der Waals surface area (Å²) in [4.78, 5) is 29.6. The van der Waals surface area contributed by atoms with Gasteiger partial charge in [0.1, 0.15) is 23.0 Å². The Morgan fingerprint density at radius 1 is 1.04 bits per heavy atom. The van der Waals surface area contributed by atoms with E-state index in [1.165, 1.54) is 4.68 Å². The number of anilines is 1. The number of hydrogen-bond donors (Lipinski definition) is 1. The van der Waals surface area contributed by atoms with Crippen molar-refractivity contribution >= 4 is 11.7 Å². The van der Waals surface area contributed by atoms with E-state index in [9.17, 15) is 4.79 Å². The summed E-state index contributed by atoms with van der Waals surface area (Å²) in [5.74, 6) is 1.03. The number of ether oxygens (including phenoxy) is 1. The number of carbonyl (C=O) groups excluding carboxylic acids is 1. The Morgan fingerprint density at radius 2 is 1.96 bits per heavy atom. The van der Waals surface area contributed by atoms with Crippen LogP contribution in [0.4, 0.5) is 5.82 Å². The number of nitrogens with one attached hydrogen (secondary N) is 1. The lowest BCUT2D eigenvalue weighted by Crippen LogP contribution is -2.18. The summed E-state index contributed by atoms with van der Waals surface area (Å²) in [5.41, 5.74) is 1.61. The predicted molar refractivity (Wildman–Crippen MR) is 101 cm³/mol. The van der Waals surface area contributed by atoms with E-state index in [-0.39, 0.29) is 5.91 Å². The van der Waals surface area contributed by atoms with Gasteiger partial charge in [-0.25, -0.2) is 19.6 Å². The zero-order valence-corrected chi connectivity index (χ0v) is 14.9. The molecule has 1 amide bonds. The van der Waals surface area contributed by atoms with Gasteiger partial charge in [0.05, 0.1) is 31.4 Å². The number of methoxy groups -OCH3 is 1. The smallest absolute Gasteiger partial charge is 0.275 e. The van der Waals surface area contributed by atoms with Gasteiger partial charge in [0.25, 0.3) is 5.91 Å². The highest BCUT2D eigenvalue weighted by Gasteiger charge is 2.15. The SMILES string of the molecule is COc1ccc(-c2nccc(NC(=O)c3ccnn3-c3cccnc3)n2)nc1. The van der Waals surface area contributed by atoms with Crippen LogP contribution in [0.5, 0.6) is 5.75 Å². The zero-order valence-electron chi connectivity index (χ0n) is 14.9. The molecule has 9 heteroatoms. The van der Waals surface area contributed by atoms with E-state index in [1.54, 1.807) is 68.4 Å². The molecule has 4 rings (SSSR count). The van der Waals surface area contributed by atoms with Gasteiger partial charge in [0.15, 0.2) is 5.82 Å². The molecule has 0 atom stereocenters. The molecule has 138 valence electrons. The molecule has 0 saturated heterocycles. The van der Waals surface area contributed by atoms with Gasteiger partial charge < -0.3 is 10.1 Å². The van der Waals surface area contributed by atoms with Crippen LogP contribution in [0.25, 0.3) is 17.2 Å². The number of carbonyl (C=O) groups is 1. The van der Waals surface area contributed by atoms with Crippen molar-refractivity contribution in [2.45, 2.75) is 0 Å². The number of pyridine rings is 2. The van der Waals surface area contributed by atoms with E-state index in [2.05, 4.69) is 30.4 Å². The van der Waals surface area contributed by atoms with Crippen LogP contribution in [0.1, 0.15) is 10.5 Å². The van der Waals surface area contributed by atoms with E-state index >= 15 is 0 Å². The number of amides is 1. The predicted octanol–water partition coefficient (Wildman–Crippen LogP) is 2.38. The molecule has 0 aliphatic heterocycles. The summed E-state index contributed by atoms with van der Waals surface area (Å²) >= 11 is 0. The highest BCUT2D eigenvalue weighted by Crippen LogP contribution is 2.17. The van der Waals surface area contributed by atoms with E-state index < -0.39 is 0 Å². The summed E-state index contributed by atoms with van der Waals surface area (Å²) < 4.78 is 6.61. The Hall–Kier alpha value is -4.14. The standard InChI is InChI=1S/C19H15N7O2/c1-28-14-4-5-15(22-12-14)18-21-9-7-17(24-18)25-19(27)16-6-10-23-26(16)13-3-2-8-20-11-13/h2-12H,1H3,(H,21,24,25,27). The van der Waals surface area contributed by atoms with E-state index in [4.69, 9.17) is 4.74 Å². The van der Waals surface area contributed by atoms with E-state index in [0.29, 0.717) is 34.5 Å². The molecular weight excluding hydrogens is 358 g/mol. The number of hydrogen-bond acceptors (Lipinski definition) is 7. The van der Waals surface area contributed by atoms with Gasteiger partial charge in [0.2, 0.25) is 0 Å². The lowest BCUT2D eigenvalue weighted by Gasteiger charge is -2.08. The monoisotopic (exact) mass is 373 g/mol. The fraction of sp³-hybridized carbons (Fsp3) is 0.0526. The van der Waals surface area contributed by atoms with Crippen LogP contribution < -0.4 is 10.1 Å². The first-order valence-corrected chi connectivity index (χ1v) is 8.34. The van der Waals surface area contributed by atoms with Crippen molar-refractivity contribution in [2.24, 2.45) is 0 Å². The molecule has 0 fully saturated rings. The molecule has 4 aromatic heterocycles. The maximum Gasteiger partial charge on any atom is 0.275 e. The molecule has 0 bridgehead atoms. The minimum absolute atomic E-state index is 0.353. The van der Waals surface area contributed by atoms with E-state index in [0.717, 1.165) is 0 Å². The van der Waals surface area contributed by atoms with Gasteiger partial charge in [0, 0.05) is 12.4 Å². The molecule has 1 N–H and O–H groups in total. The normalized spacial score (nSPS) is 10.5. The molecule has 4 aromatic rings. The van der Waals surface area contributed by atoms with Gasteiger partial charge in [-0.15, -0.1) is 0 Å². The van der Waals surface area contributed by atoms with Gasteiger partial charge >= 0.3 is 0 Å². The Kier molecular flexibility index (Phi) is 4.70. The van der Waals surface area contributed by atoms with Crippen LogP contribution >= 0.6 is 0 Å². The van der Waals surface area contributed by atoms with Gasteiger partial charge in [-0.2, -0.15) is 5.10 Å². The minimum Gasteiger partial charge on any atom is -0.495 e. The third-order valence-corrected chi connectivity index (χ3v) is 3.86. The fourth-order valence-corrected chi connectivity index (χ4v) is 2.53. The first kappa shape index (κ1) is 17.3. The van der Waals surface area contributed by atoms with Gasteiger partial charge in [-0.3, -0.25) is 9.78 Å². The Balaban J connectivity index is 1.57. The first-order chi connectivity index (χ1) is 13.7. The van der Waals surface area contributed by atoms with Crippen LogP contribution in [0.3, 0.4) is 0 Å². The van der Waals surface area contributed by atoms with Crippen molar-refractivity contribution < 1.29 is 9.53 Å². The minimum atomic E-state index is -0.353. The number of aromatic nitrogens is 6. The lowest BCUT2D eigenvalue weighted by atomic mass is 10.3. The van der Waals surface area contributed by atoms with Crippen LogP contribution in [0, 0.1) is 0 Å². The number of nitrogens with zero attached hydrogens (tertiary/aromatic N) is 6. The molecule has 0 aromatic carbocycles. The number of rotatable bonds is 5. The second-order valence-corrected chi connectivity index (χ2v) is 5.64. The molecule has 0 aliphatic rings. The van der Waals surface area contributed by atoms with Crippen molar-refractivity contribution in [3.8, 4) is 23.0 Å². The maximum absolute atomic E-state index is 12.7. The van der Waals surface area contributed by atoms with Crippen molar-refractivity contribution in [1.82, 2.24) is 29.7 Å². The van der Waals surface area contributed by atoms with Crippen LogP contribution in [-0.2, 0) is 0 Å².